The Hall–Kier alpha value is -3.45. The van der Waals surface area contributed by atoms with E-state index < -0.39 is 5.60 Å². The van der Waals surface area contributed by atoms with Gasteiger partial charge in [-0.3, -0.25) is 0 Å². The number of methoxy groups -OCH3 is 1. The molecule has 1 saturated heterocycles. The maximum absolute atomic E-state index is 13.5. The van der Waals surface area contributed by atoms with E-state index in [1.807, 2.05) is 48.0 Å². The summed E-state index contributed by atoms with van der Waals surface area (Å²) in [4.78, 5) is 10.2. The first-order valence-corrected chi connectivity index (χ1v) is 10.6. The first-order chi connectivity index (χ1) is 15.6. The fourth-order valence-electron chi connectivity index (χ4n) is 4.39. The Morgan fingerprint density at radius 2 is 2.03 bits per heavy atom. The lowest BCUT2D eigenvalue weighted by Crippen LogP contribution is -2.44. The van der Waals surface area contributed by atoms with Crippen LogP contribution in [0.25, 0.3) is 11.8 Å². The van der Waals surface area contributed by atoms with Gasteiger partial charge in [-0.05, 0) is 49.2 Å². The SMILES string of the molecule is COc1cc(C=CC2=NOC3(c4ccc(F)cc4)COCCC23)ccc1-n1cnc(C)c1. The molecule has 3 heterocycles. The molecule has 1 fully saturated rings. The lowest BCUT2D eigenvalue weighted by Gasteiger charge is -2.36. The van der Waals surface area contributed by atoms with Crippen LogP contribution in [0.5, 0.6) is 5.75 Å². The summed E-state index contributed by atoms with van der Waals surface area (Å²) in [6.45, 7) is 2.97. The van der Waals surface area contributed by atoms with Gasteiger partial charge in [-0.2, -0.15) is 0 Å². The van der Waals surface area contributed by atoms with Gasteiger partial charge in [0, 0.05) is 18.4 Å². The Balaban J connectivity index is 1.40. The molecule has 2 aromatic carbocycles. The molecule has 7 heteroatoms. The van der Waals surface area contributed by atoms with Crippen molar-refractivity contribution >= 4 is 11.8 Å². The molecule has 1 aromatic heterocycles. The molecule has 0 N–H and O–H groups in total. The first kappa shape index (κ1) is 20.5. The van der Waals surface area contributed by atoms with Crippen molar-refractivity contribution < 1.29 is 18.7 Å². The van der Waals surface area contributed by atoms with Crippen LogP contribution in [-0.4, -0.2) is 35.6 Å². The second kappa shape index (κ2) is 8.24. The average Bonchev–Trinajstić information content (AvgIpc) is 3.42. The number of oxime groups is 1. The molecule has 2 unspecified atom stereocenters. The molecule has 5 rings (SSSR count). The topological polar surface area (TPSA) is 57.9 Å². The molecule has 2 atom stereocenters. The number of nitrogens with zero attached hydrogens (tertiary/aromatic N) is 3. The summed E-state index contributed by atoms with van der Waals surface area (Å²) in [6.07, 6.45) is 8.50. The van der Waals surface area contributed by atoms with E-state index in [9.17, 15) is 4.39 Å². The number of benzene rings is 2. The maximum Gasteiger partial charge on any atom is 0.194 e. The number of aromatic nitrogens is 2. The van der Waals surface area contributed by atoms with Crippen LogP contribution in [0.1, 0.15) is 23.2 Å². The molecule has 0 aliphatic carbocycles. The van der Waals surface area contributed by atoms with Crippen molar-refractivity contribution in [2.24, 2.45) is 11.1 Å². The predicted molar refractivity (Wildman–Crippen MR) is 119 cm³/mol. The fraction of sp³-hybridized carbons (Fsp3) is 0.280. The van der Waals surface area contributed by atoms with E-state index in [0.717, 1.165) is 40.4 Å². The van der Waals surface area contributed by atoms with Gasteiger partial charge in [-0.1, -0.05) is 29.4 Å². The summed E-state index contributed by atoms with van der Waals surface area (Å²) in [5.74, 6) is 0.509. The van der Waals surface area contributed by atoms with Crippen LogP contribution in [0.4, 0.5) is 4.39 Å². The van der Waals surface area contributed by atoms with E-state index in [2.05, 4.69) is 10.1 Å². The van der Waals surface area contributed by atoms with Crippen molar-refractivity contribution in [2.45, 2.75) is 18.9 Å². The smallest absolute Gasteiger partial charge is 0.194 e. The zero-order valence-electron chi connectivity index (χ0n) is 18.0. The molecule has 0 saturated carbocycles. The highest BCUT2D eigenvalue weighted by molar-refractivity contribution is 6.01. The number of hydrogen-bond donors (Lipinski definition) is 0. The number of halogens is 1. The van der Waals surface area contributed by atoms with Crippen molar-refractivity contribution in [1.29, 1.82) is 0 Å². The highest BCUT2D eigenvalue weighted by Gasteiger charge is 2.51. The molecular weight excluding hydrogens is 409 g/mol. The fourth-order valence-corrected chi connectivity index (χ4v) is 4.39. The van der Waals surface area contributed by atoms with Gasteiger partial charge in [0.15, 0.2) is 5.60 Å². The summed E-state index contributed by atoms with van der Waals surface area (Å²) < 4.78 is 26.7. The number of fused-ring (bicyclic) bond motifs is 1. The number of allylic oxidation sites excluding steroid dienone is 1. The molecule has 0 radical (unpaired) electrons. The second-order valence-corrected chi connectivity index (χ2v) is 8.08. The van der Waals surface area contributed by atoms with Gasteiger partial charge in [-0.15, -0.1) is 0 Å². The first-order valence-electron chi connectivity index (χ1n) is 10.6. The molecule has 32 heavy (non-hydrogen) atoms. The van der Waals surface area contributed by atoms with Crippen molar-refractivity contribution in [1.82, 2.24) is 9.55 Å². The minimum absolute atomic E-state index is 0.0352. The van der Waals surface area contributed by atoms with Crippen LogP contribution in [0.15, 0.2) is 66.2 Å². The summed E-state index contributed by atoms with van der Waals surface area (Å²) >= 11 is 0. The average molecular weight is 433 g/mol. The Kier molecular flexibility index (Phi) is 5.27. The normalized spacial score (nSPS) is 22.5. The van der Waals surface area contributed by atoms with Crippen molar-refractivity contribution in [3.63, 3.8) is 0 Å². The van der Waals surface area contributed by atoms with Crippen LogP contribution < -0.4 is 4.74 Å². The maximum atomic E-state index is 13.5. The Morgan fingerprint density at radius 1 is 1.19 bits per heavy atom. The number of ether oxygens (including phenoxy) is 2. The summed E-state index contributed by atoms with van der Waals surface area (Å²) in [5, 5.41) is 4.39. The van der Waals surface area contributed by atoms with Crippen LogP contribution in [-0.2, 0) is 15.2 Å². The third kappa shape index (κ3) is 3.58. The summed E-state index contributed by atoms with van der Waals surface area (Å²) in [6, 6.07) is 12.4. The van der Waals surface area contributed by atoms with Crippen molar-refractivity contribution in [3.05, 3.63) is 83.7 Å². The van der Waals surface area contributed by atoms with Gasteiger partial charge in [0.2, 0.25) is 0 Å². The van der Waals surface area contributed by atoms with E-state index >= 15 is 0 Å². The van der Waals surface area contributed by atoms with Crippen LogP contribution in [0.2, 0.25) is 0 Å². The summed E-state index contributed by atoms with van der Waals surface area (Å²) in [5.41, 5.74) is 3.86. The Morgan fingerprint density at radius 3 is 2.78 bits per heavy atom. The number of hydrogen-bond acceptors (Lipinski definition) is 5. The van der Waals surface area contributed by atoms with Crippen molar-refractivity contribution in [2.75, 3.05) is 20.3 Å². The molecular formula is C25H24FN3O3. The van der Waals surface area contributed by atoms with Crippen LogP contribution in [0, 0.1) is 18.7 Å². The van der Waals surface area contributed by atoms with Gasteiger partial charge in [0.25, 0.3) is 0 Å². The molecule has 3 aromatic rings. The lowest BCUT2D eigenvalue weighted by atomic mass is 9.76. The highest BCUT2D eigenvalue weighted by atomic mass is 19.1. The van der Waals surface area contributed by atoms with Crippen molar-refractivity contribution in [3.8, 4) is 11.4 Å². The van der Waals surface area contributed by atoms with Gasteiger partial charge < -0.3 is 18.9 Å². The van der Waals surface area contributed by atoms with E-state index in [1.165, 1.54) is 12.1 Å². The molecule has 0 spiro atoms. The van der Waals surface area contributed by atoms with Gasteiger partial charge in [-0.25, -0.2) is 9.37 Å². The van der Waals surface area contributed by atoms with Crippen LogP contribution in [0.3, 0.4) is 0 Å². The molecule has 0 bridgehead atoms. The standard InChI is InChI=1S/C25H24FN3O3/c1-17-14-29(16-27-17)23-10-4-18(13-24(23)30-2)3-9-22-21-11-12-31-15-25(21,32-28-22)19-5-7-20(26)8-6-19/h3-10,13-14,16,21H,11-12,15H2,1-2H3. The van der Waals surface area contributed by atoms with Gasteiger partial charge >= 0.3 is 0 Å². The zero-order chi connectivity index (χ0) is 22.1. The molecule has 164 valence electrons. The minimum Gasteiger partial charge on any atom is -0.495 e. The molecule has 2 aliphatic heterocycles. The van der Waals surface area contributed by atoms with E-state index in [1.54, 1.807) is 25.6 Å². The third-order valence-electron chi connectivity index (χ3n) is 6.07. The van der Waals surface area contributed by atoms with Gasteiger partial charge in [0.05, 0.1) is 43.1 Å². The minimum atomic E-state index is -0.716. The second-order valence-electron chi connectivity index (χ2n) is 8.08. The Labute approximate surface area is 185 Å². The van der Waals surface area contributed by atoms with E-state index in [4.69, 9.17) is 14.3 Å². The number of imidazole rings is 1. The highest BCUT2D eigenvalue weighted by Crippen LogP contribution is 2.44. The lowest BCUT2D eigenvalue weighted by molar-refractivity contribution is -0.135. The van der Waals surface area contributed by atoms with E-state index in [-0.39, 0.29) is 11.7 Å². The van der Waals surface area contributed by atoms with E-state index in [0.29, 0.717) is 13.2 Å². The predicted octanol–water partition coefficient (Wildman–Crippen LogP) is 4.66. The number of aryl methyl sites for hydroxylation is 1. The Bertz CT molecular complexity index is 1190. The summed E-state index contributed by atoms with van der Waals surface area (Å²) in [7, 11) is 1.66. The third-order valence-corrected chi connectivity index (χ3v) is 6.07. The largest absolute Gasteiger partial charge is 0.495 e. The monoisotopic (exact) mass is 433 g/mol. The molecule has 2 aliphatic rings. The quantitative estimate of drug-likeness (QED) is 0.587. The van der Waals surface area contributed by atoms with Gasteiger partial charge in [0.1, 0.15) is 11.6 Å². The molecule has 6 nitrogen and oxygen atoms in total. The zero-order valence-corrected chi connectivity index (χ0v) is 18.0. The van der Waals surface area contributed by atoms with Crippen LogP contribution >= 0.6 is 0 Å². The molecule has 0 amide bonds. The number of rotatable bonds is 5.